The van der Waals surface area contributed by atoms with Gasteiger partial charge in [0.15, 0.2) is 11.5 Å². The lowest BCUT2D eigenvalue weighted by molar-refractivity contribution is -0.114. The summed E-state index contributed by atoms with van der Waals surface area (Å²) in [7, 11) is 6.58. The Balaban J connectivity index is 1.31. The molecule has 39 heavy (non-hydrogen) atoms. The Bertz CT molecular complexity index is 1430. The van der Waals surface area contributed by atoms with Gasteiger partial charge in [-0.2, -0.15) is 0 Å². The van der Waals surface area contributed by atoms with Crippen LogP contribution in [0, 0.1) is 0 Å². The smallest absolute Gasteiger partial charge is 0.264 e. The molecule has 3 aromatic rings. The van der Waals surface area contributed by atoms with Gasteiger partial charge in [0.2, 0.25) is 0 Å². The first-order valence-electron chi connectivity index (χ1n) is 12.6. The van der Waals surface area contributed by atoms with Crippen LogP contribution in [0.1, 0.15) is 15.9 Å². The number of nitrogens with zero attached hydrogens (tertiary/aromatic N) is 3. The normalized spacial score (nSPS) is 16.3. The van der Waals surface area contributed by atoms with E-state index < -0.39 is 0 Å². The number of para-hydroxylation sites is 2. The van der Waals surface area contributed by atoms with E-state index in [1.54, 1.807) is 33.3 Å². The Morgan fingerprint density at radius 1 is 0.821 bits per heavy atom. The van der Waals surface area contributed by atoms with Gasteiger partial charge in [-0.25, -0.2) is 0 Å². The van der Waals surface area contributed by atoms with Crippen LogP contribution in [0.2, 0.25) is 0 Å². The maximum atomic E-state index is 13.4. The number of rotatable bonds is 6. The van der Waals surface area contributed by atoms with Gasteiger partial charge in [0.25, 0.3) is 11.8 Å². The summed E-state index contributed by atoms with van der Waals surface area (Å²) >= 11 is 1.40. The Hall–Kier alpha value is -4.11. The second-order valence-corrected chi connectivity index (χ2v) is 10.3. The number of benzene rings is 3. The third-order valence-corrected chi connectivity index (χ3v) is 8.08. The van der Waals surface area contributed by atoms with Crippen LogP contribution in [-0.2, 0) is 4.79 Å². The van der Waals surface area contributed by atoms with Crippen LogP contribution in [0.3, 0.4) is 0 Å². The van der Waals surface area contributed by atoms with E-state index in [2.05, 4.69) is 4.90 Å². The van der Waals surface area contributed by atoms with Crippen molar-refractivity contribution in [3.63, 3.8) is 0 Å². The number of methoxy groups -OCH3 is 3. The summed E-state index contributed by atoms with van der Waals surface area (Å²) in [6.45, 7) is 2.65. The van der Waals surface area contributed by atoms with Crippen molar-refractivity contribution < 1.29 is 23.8 Å². The third-order valence-electron chi connectivity index (χ3n) is 7.00. The molecular weight excluding hydrogens is 514 g/mol. The Kier molecular flexibility index (Phi) is 7.70. The zero-order chi connectivity index (χ0) is 27.5. The highest BCUT2D eigenvalue weighted by Gasteiger charge is 2.29. The van der Waals surface area contributed by atoms with Crippen LogP contribution in [0.4, 0.5) is 11.4 Å². The van der Waals surface area contributed by atoms with Gasteiger partial charge in [-0.15, -0.1) is 0 Å². The molecule has 9 heteroatoms. The standard InChI is InChI=1S/C30H31N3O5S/c1-31-23-19-21(29(34)33-15-13-32(14-16-33)22-7-5-6-8-24(22)36-2)10-12-27(23)39-28(30(31)35)18-20-9-11-25(37-3)26(17-20)38-4/h5-12,17-19H,13-16H2,1-4H3/b28-18-. The zero-order valence-electron chi connectivity index (χ0n) is 22.5. The number of fused-ring (bicyclic) bond motifs is 1. The molecule has 0 radical (unpaired) electrons. The van der Waals surface area contributed by atoms with E-state index in [9.17, 15) is 9.59 Å². The predicted molar refractivity (Wildman–Crippen MR) is 154 cm³/mol. The molecule has 2 aliphatic heterocycles. The number of carbonyl (C=O) groups is 2. The van der Waals surface area contributed by atoms with Gasteiger partial charge in [0.05, 0.1) is 37.6 Å². The lowest BCUT2D eigenvalue weighted by Gasteiger charge is -2.37. The molecule has 1 saturated heterocycles. The highest BCUT2D eigenvalue weighted by Crippen LogP contribution is 2.42. The molecule has 0 spiro atoms. The first-order chi connectivity index (χ1) is 18.9. The fourth-order valence-electron chi connectivity index (χ4n) is 4.84. The maximum Gasteiger partial charge on any atom is 0.264 e. The third kappa shape index (κ3) is 5.27. The van der Waals surface area contributed by atoms with Crippen LogP contribution < -0.4 is 24.0 Å². The fraction of sp³-hybridized carbons (Fsp3) is 0.267. The van der Waals surface area contributed by atoms with Crippen LogP contribution >= 0.6 is 11.8 Å². The molecule has 202 valence electrons. The first-order valence-corrected chi connectivity index (χ1v) is 13.5. The van der Waals surface area contributed by atoms with E-state index >= 15 is 0 Å². The minimum atomic E-state index is -0.127. The van der Waals surface area contributed by atoms with Crippen LogP contribution in [0.25, 0.3) is 6.08 Å². The quantitative estimate of drug-likeness (QED) is 0.413. The van der Waals surface area contributed by atoms with Crippen LogP contribution in [0.5, 0.6) is 17.2 Å². The van der Waals surface area contributed by atoms with E-state index in [4.69, 9.17) is 14.2 Å². The van der Waals surface area contributed by atoms with Crippen molar-refractivity contribution in [1.29, 1.82) is 0 Å². The van der Waals surface area contributed by atoms with Gasteiger partial charge in [0.1, 0.15) is 5.75 Å². The second-order valence-electron chi connectivity index (χ2n) is 9.22. The summed E-state index contributed by atoms with van der Waals surface area (Å²) in [5.74, 6) is 1.90. The summed E-state index contributed by atoms with van der Waals surface area (Å²) in [6, 6.07) is 19.1. The zero-order valence-corrected chi connectivity index (χ0v) is 23.3. The van der Waals surface area contributed by atoms with Gasteiger partial charge in [0, 0.05) is 43.7 Å². The monoisotopic (exact) mass is 545 g/mol. The molecule has 2 amide bonds. The molecule has 0 bridgehead atoms. The highest BCUT2D eigenvalue weighted by molar-refractivity contribution is 8.04. The van der Waals surface area contributed by atoms with E-state index in [-0.39, 0.29) is 11.8 Å². The van der Waals surface area contributed by atoms with Crippen molar-refractivity contribution >= 4 is 41.0 Å². The molecule has 0 N–H and O–H groups in total. The van der Waals surface area contributed by atoms with Crippen molar-refractivity contribution in [1.82, 2.24) is 4.90 Å². The van der Waals surface area contributed by atoms with E-state index in [0.29, 0.717) is 35.1 Å². The topological polar surface area (TPSA) is 71.6 Å². The lowest BCUT2D eigenvalue weighted by Crippen LogP contribution is -2.49. The number of piperazine rings is 1. The summed E-state index contributed by atoms with van der Waals surface area (Å²) in [5.41, 5.74) is 3.18. The lowest BCUT2D eigenvalue weighted by atomic mass is 10.1. The molecule has 0 unspecified atom stereocenters. The molecule has 0 aromatic heterocycles. The van der Waals surface area contributed by atoms with Crippen molar-refractivity contribution in [3.8, 4) is 17.2 Å². The van der Waals surface area contributed by atoms with E-state index in [1.807, 2.05) is 71.6 Å². The molecule has 0 aliphatic carbocycles. The van der Waals surface area contributed by atoms with Gasteiger partial charge in [-0.1, -0.05) is 30.0 Å². The average Bonchev–Trinajstić information content (AvgIpc) is 2.99. The molecule has 8 nitrogen and oxygen atoms in total. The minimum Gasteiger partial charge on any atom is -0.495 e. The van der Waals surface area contributed by atoms with Crippen molar-refractivity contribution in [2.24, 2.45) is 0 Å². The number of likely N-dealkylation sites (N-methyl/N-ethyl adjacent to an activating group) is 1. The number of thioether (sulfide) groups is 1. The van der Waals surface area contributed by atoms with Gasteiger partial charge in [-0.3, -0.25) is 9.59 Å². The van der Waals surface area contributed by atoms with E-state index in [0.717, 1.165) is 40.7 Å². The fourth-order valence-corrected chi connectivity index (χ4v) is 5.94. The number of amides is 2. The molecular formula is C30H31N3O5S. The van der Waals surface area contributed by atoms with Crippen LogP contribution in [-0.4, -0.2) is 71.3 Å². The molecule has 2 aliphatic rings. The number of carbonyl (C=O) groups excluding carboxylic acids is 2. The van der Waals surface area contributed by atoms with Crippen molar-refractivity contribution in [3.05, 3.63) is 76.7 Å². The van der Waals surface area contributed by atoms with Crippen molar-refractivity contribution in [2.45, 2.75) is 4.90 Å². The largest absolute Gasteiger partial charge is 0.495 e. The first kappa shape index (κ1) is 26.5. The Labute approximate surface area is 232 Å². The summed E-state index contributed by atoms with van der Waals surface area (Å²) in [6.07, 6.45) is 1.84. The maximum absolute atomic E-state index is 13.4. The average molecular weight is 546 g/mol. The van der Waals surface area contributed by atoms with Gasteiger partial charge >= 0.3 is 0 Å². The second kappa shape index (κ2) is 11.3. The van der Waals surface area contributed by atoms with Gasteiger partial charge in [-0.05, 0) is 54.1 Å². The summed E-state index contributed by atoms with van der Waals surface area (Å²) in [5, 5.41) is 0. The van der Waals surface area contributed by atoms with Crippen molar-refractivity contribution in [2.75, 3.05) is 64.4 Å². The molecule has 5 rings (SSSR count). The molecule has 3 aromatic carbocycles. The SMILES string of the molecule is COc1ccc(/C=C2\Sc3ccc(C(=O)N4CCN(c5ccccc5OC)CC4)cc3N(C)C2=O)cc1OC. The molecule has 0 atom stereocenters. The Morgan fingerprint density at radius 3 is 2.26 bits per heavy atom. The van der Waals surface area contributed by atoms with E-state index in [1.165, 1.54) is 11.8 Å². The van der Waals surface area contributed by atoms with Gasteiger partial charge < -0.3 is 28.9 Å². The summed E-state index contributed by atoms with van der Waals surface area (Å²) in [4.78, 5) is 33.9. The molecule has 1 fully saturated rings. The summed E-state index contributed by atoms with van der Waals surface area (Å²) < 4.78 is 16.2. The molecule has 0 saturated carbocycles. The molecule has 2 heterocycles. The van der Waals surface area contributed by atoms with Crippen LogP contribution in [0.15, 0.2) is 70.5 Å². The number of hydrogen-bond acceptors (Lipinski definition) is 7. The highest BCUT2D eigenvalue weighted by atomic mass is 32.2. The number of hydrogen-bond donors (Lipinski definition) is 0. The minimum absolute atomic E-state index is 0.0324. The predicted octanol–water partition coefficient (Wildman–Crippen LogP) is 4.78. The number of ether oxygens (including phenoxy) is 3. The Morgan fingerprint density at radius 2 is 1.54 bits per heavy atom. The number of anilines is 2.